The van der Waals surface area contributed by atoms with Crippen molar-refractivity contribution in [3.05, 3.63) is 11.6 Å². The quantitative estimate of drug-likeness (QED) is 0.282. The van der Waals surface area contributed by atoms with E-state index in [2.05, 4.69) is 5.92 Å². The predicted octanol–water partition coefficient (Wildman–Crippen LogP) is -0.0190. The van der Waals surface area contributed by atoms with Crippen LogP contribution in [0.3, 0.4) is 0 Å². The first-order valence-electron chi connectivity index (χ1n) is 9.57. The third-order valence-corrected chi connectivity index (χ3v) is 8.39. The van der Waals surface area contributed by atoms with Gasteiger partial charge in [0.2, 0.25) is 10.4 Å². The molecule has 0 aromatic carbocycles. The minimum absolute atomic E-state index is 0. The molecule has 142 valence electrons. The molecule has 0 unspecified atom stereocenters. The Morgan fingerprint density at radius 3 is 2.59 bits per heavy atom. The Balaban J connectivity index is 0.00000210. The van der Waals surface area contributed by atoms with E-state index < -0.39 is 21.4 Å². The molecule has 3 saturated carbocycles. The van der Waals surface area contributed by atoms with Gasteiger partial charge in [0, 0.05) is 11.8 Å². The van der Waals surface area contributed by atoms with Crippen LogP contribution in [0.15, 0.2) is 11.6 Å². The second-order valence-corrected chi connectivity index (χ2v) is 9.74. The molecule has 4 rings (SSSR count). The number of hydrogen-bond donors (Lipinski definition) is 0. The summed E-state index contributed by atoms with van der Waals surface area (Å²) in [6.45, 7) is 2.02. The van der Waals surface area contributed by atoms with E-state index in [0.29, 0.717) is 30.6 Å². The maximum atomic E-state index is 11.8. The zero-order valence-electron chi connectivity index (χ0n) is 16.1. The molecular formula is C20H25NaO5S. The largest absolute Gasteiger partial charge is 1.00 e. The van der Waals surface area contributed by atoms with E-state index in [1.807, 2.05) is 13.0 Å². The summed E-state index contributed by atoms with van der Waals surface area (Å²) in [7, 11) is -4.86. The summed E-state index contributed by atoms with van der Waals surface area (Å²) in [5, 5.41) is 0. The van der Waals surface area contributed by atoms with Gasteiger partial charge in [0.05, 0.1) is 0 Å². The molecule has 0 radical (unpaired) electrons. The number of allylic oxidation sites excluding steroid dienone is 1. The average Bonchev–Trinajstić information content (AvgIpc) is 2.86. The summed E-state index contributed by atoms with van der Waals surface area (Å²) in [6, 6.07) is 0. The van der Waals surface area contributed by atoms with Gasteiger partial charge in [-0.25, -0.2) is 8.42 Å². The summed E-state index contributed by atoms with van der Waals surface area (Å²) >= 11 is 0. The van der Waals surface area contributed by atoms with Crippen molar-refractivity contribution in [3.63, 3.8) is 0 Å². The van der Waals surface area contributed by atoms with Gasteiger partial charge < -0.3 is 4.55 Å². The van der Waals surface area contributed by atoms with Gasteiger partial charge in [-0.15, -0.1) is 6.42 Å². The van der Waals surface area contributed by atoms with Crippen LogP contribution in [0.4, 0.5) is 0 Å². The van der Waals surface area contributed by atoms with Crippen molar-refractivity contribution < 1.29 is 51.5 Å². The van der Waals surface area contributed by atoms with Gasteiger partial charge in [0.25, 0.3) is 0 Å². The van der Waals surface area contributed by atoms with Crippen LogP contribution in [0.2, 0.25) is 0 Å². The second-order valence-electron chi connectivity index (χ2n) is 8.76. The third kappa shape index (κ3) is 3.39. The number of ketones is 1. The van der Waals surface area contributed by atoms with Gasteiger partial charge in [0.15, 0.2) is 11.4 Å². The Morgan fingerprint density at radius 1 is 1.19 bits per heavy atom. The van der Waals surface area contributed by atoms with Crippen LogP contribution in [0, 0.1) is 41.4 Å². The van der Waals surface area contributed by atoms with Crippen molar-refractivity contribution in [2.45, 2.75) is 63.9 Å². The number of hydrogen-bond acceptors (Lipinski definition) is 5. The van der Waals surface area contributed by atoms with Crippen LogP contribution < -0.4 is 29.6 Å². The Hall–Kier alpha value is -0.160. The Bertz CT molecular complexity index is 813. The van der Waals surface area contributed by atoms with E-state index in [4.69, 9.17) is 10.6 Å². The molecule has 0 spiro atoms. The number of rotatable bonds is 2. The molecule has 0 aromatic heterocycles. The van der Waals surface area contributed by atoms with Crippen LogP contribution in [0.5, 0.6) is 0 Å². The molecular weight excluding hydrogens is 375 g/mol. The number of fused-ring (bicyclic) bond motifs is 5. The van der Waals surface area contributed by atoms with Crippen molar-refractivity contribution in [2.24, 2.45) is 29.1 Å². The van der Waals surface area contributed by atoms with Gasteiger partial charge in [-0.1, -0.05) is 18.4 Å². The molecule has 0 aliphatic heterocycles. The smallest absolute Gasteiger partial charge is 0.725 e. The van der Waals surface area contributed by atoms with E-state index in [1.54, 1.807) is 0 Å². The monoisotopic (exact) mass is 400 g/mol. The normalized spacial score (nSPS) is 43.4. The zero-order chi connectivity index (χ0) is 18.7. The van der Waals surface area contributed by atoms with Gasteiger partial charge in [-0.2, -0.15) is 0 Å². The topological polar surface area (TPSA) is 83.5 Å². The minimum Gasteiger partial charge on any atom is -0.725 e. The van der Waals surface area contributed by atoms with Crippen LogP contribution in [-0.4, -0.2) is 24.4 Å². The summed E-state index contributed by atoms with van der Waals surface area (Å²) in [4.78, 5) is 11.8. The van der Waals surface area contributed by atoms with Gasteiger partial charge >= 0.3 is 29.6 Å². The fourth-order valence-electron chi connectivity index (χ4n) is 6.75. The first-order chi connectivity index (χ1) is 12.2. The maximum absolute atomic E-state index is 11.8. The molecule has 4 aliphatic carbocycles. The average molecular weight is 400 g/mol. The Morgan fingerprint density at radius 2 is 1.93 bits per heavy atom. The molecule has 6 atom stereocenters. The van der Waals surface area contributed by atoms with Crippen LogP contribution in [-0.2, 0) is 19.4 Å². The minimum atomic E-state index is -4.86. The molecule has 7 heteroatoms. The first-order valence-corrected chi connectivity index (χ1v) is 10.9. The molecule has 0 amide bonds. The summed E-state index contributed by atoms with van der Waals surface area (Å²) in [5.74, 6) is 4.54. The number of terminal acetylenes is 1. The molecule has 0 saturated heterocycles. The van der Waals surface area contributed by atoms with Crippen molar-refractivity contribution in [1.82, 2.24) is 0 Å². The van der Waals surface area contributed by atoms with Gasteiger partial charge in [-0.3, -0.25) is 8.98 Å². The standard InChI is InChI=1S/C20H26O5S.Na/c1-3-20(25-26(22,23)24)11-9-18-17-6-4-13-12-14(21)5-7-15(13)16(17)8-10-19(18,20)2;/h1,12,15-18H,4-11H2,2H3,(H,22,23,24);/q;+1/p-1/t15-,16+,17+,18-,19-,20+;/m0./s1. The maximum Gasteiger partial charge on any atom is 1.00 e. The van der Waals surface area contributed by atoms with Crippen molar-refractivity contribution in [3.8, 4) is 12.3 Å². The molecule has 4 aliphatic rings. The SMILES string of the molecule is C#C[C@@]1(OS(=O)(=O)[O-])CC[C@H]2[C@@H]3CCC4=CC(=O)CC[C@@H]4[C@H]3CC[C@@]21C.[Na+]. The van der Waals surface area contributed by atoms with Crippen molar-refractivity contribution in [1.29, 1.82) is 0 Å². The number of carbonyl (C=O) groups excluding carboxylic acids is 1. The molecule has 3 fully saturated rings. The van der Waals surface area contributed by atoms with E-state index in [0.717, 1.165) is 38.5 Å². The summed E-state index contributed by atoms with van der Waals surface area (Å²) < 4.78 is 39.1. The molecule has 5 nitrogen and oxygen atoms in total. The Labute approximate surface area is 183 Å². The van der Waals surface area contributed by atoms with Crippen LogP contribution in [0.25, 0.3) is 0 Å². The second kappa shape index (κ2) is 7.27. The third-order valence-electron chi connectivity index (χ3n) is 7.90. The summed E-state index contributed by atoms with van der Waals surface area (Å²) in [6.07, 6.45) is 14.0. The zero-order valence-corrected chi connectivity index (χ0v) is 18.9. The first kappa shape index (κ1) is 21.5. The number of carbonyl (C=O) groups is 1. The van der Waals surface area contributed by atoms with E-state index in [1.165, 1.54) is 5.57 Å². The van der Waals surface area contributed by atoms with Gasteiger partial charge in [-0.05, 0) is 74.7 Å². The van der Waals surface area contributed by atoms with Crippen LogP contribution >= 0.6 is 0 Å². The molecule has 0 bridgehead atoms. The van der Waals surface area contributed by atoms with E-state index in [-0.39, 0.29) is 41.3 Å². The fraction of sp³-hybridized carbons (Fsp3) is 0.750. The molecule has 0 heterocycles. The molecule has 27 heavy (non-hydrogen) atoms. The predicted molar refractivity (Wildman–Crippen MR) is 94.4 cm³/mol. The summed E-state index contributed by atoms with van der Waals surface area (Å²) in [5.41, 5.74) is -0.501. The van der Waals surface area contributed by atoms with E-state index >= 15 is 0 Å². The van der Waals surface area contributed by atoms with Gasteiger partial charge in [0.1, 0.15) is 0 Å². The fourth-order valence-corrected chi connectivity index (χ4v) is 7.42. The Kier molecular flexibility index (Phi) is 5.80. The van der Waals surface area contributed by atoms with Crippen molar-refractivity contribution in [2.75, 3.05) is 0 Å². The molecule has 0 aromatic rings. The van der Waals surface area contributed by atoms with Crippen LogP contribution in [0.1, 0.15) is 58.3 Å². The molecule has 0 N–H and O–H groups in total. The van der Waals surface area contributed by atoms with Crippen molar-refractivity contribution >= 4 is 16.2 Å². The van der Waals surface area contributed by atoms with E-state index in [9.17, 15) is 17.8 Å².